The first-order valence-electron chi connectivity index (χ1n) is 7.55. The van der Waals surface area contributed by atoms with E-state index in [0.717, 1.165) is 38.1 Å². The van der Waals surface area contributed by atoms with Crippen LogP contribution in [0.15, 0.2) is 36.5 Å². The summed E-state index contributed by atoms with van der Waals surface area (Å²) in [7, 11) is 0. The number of fused-ring (bicyclic) bond motifs is 1. The Morgan fingerprint density at radius 2 is 2.05 bits per heavy atom. The second kappa shape index (κ2) is 6.33. The van der Waals surface area contributed by atoms with Crippen LogP contribution in [0.25, 0.3) is 10.9 Å². The third kappa shape index (κ3) is 2.69. The highest BCUT2D eigenvalue weighted by atomic mass is 16.5. The van der Waals surface area contributed by atoms with Crippen molar-refractivity contribution in [2.45, 2.75) is 25.8 Å². The summed E-state index contributed by atoms with van der Waals surface area (Å²) < 4.78 is 5.51. The largest absolute Gasteiger partial charge is 0.381 e. The maximum Gasteiger partial charge on any atom is 0.0749 e. The summed E-state index contributed by atoms with van der Waals surface area (Å²) >= 11 is 0. The monoisotopic (exact) mass is 270 g/mol. The molecule has 1 fully saturated rings. The summed E-state index contributed by atoms with van der Waals surface area (Å²) in [4.78, 5) is 4.61. The second-order valence-corrected chi connectivity index (χ2v) is 5.41. The van der Waals surface area contributed by atoms with Gasteiger partial charge in [0, 0.05) is 30.8 Å². The first kappa shape index (κ1) is 13.5. The molecule has 2 heterocycles. The molecule has 2 aromatic rings. The van der Waals surface area contributed by atoms with Gasteiger partial charge in [0.05, 0.1) is 5.52 Å². The number of para-hydroxylation sites is 1. The molecule has 1 aromatic heterocycles. The van der Waals surface area contributed by atoms with Crippen LogP contribution in [0.2, 0.25) is 0 Å². The lowest BCUT2D eigenvalue weighted by Gasteiger charge is -2.31. The van der Waals surface area contributed by atoms with Crippen LogP contribution >= 0.6 is 0 Å². The molecule has 1 N–H and O–H groups in total. The van der Waals surface area contributed by atoms with Crippen molar-refractivity contribution >= 4 is 10.9 Å². The lowest BCUT2D eigenvalue weighted by atomic mass is 9.86. The van der Waals surface area contributed by atoms with Crippen molar-refractivity contribution < 1.29 is 4.74 Å². The molecule has 1 aliphatic heterocycles. The van der Waals surface area contributed by atoms with Gasteiger partial charge in [-0.1, -0.05) is 31.2 Å². The molecule has 20 heavy (non-hydrogen) atoms. The number of nitrogens with one attached hydrogen (secondary N) is 1. The molecule has 1 saturated heterocycles. The number of nitrogens with zero attached hydrogens (tertiary/aromatic N) is 1. The molecule has 3 rings (SSSR count). The fourth-order valence-electron chi connectivity index (χ4n) is 3.18. The van der Waals surface area contributed by atoms with E-state index < -0.39 is 0 Å². The fourth-order valence-corrected chi connectivity index (χ4v) is 3.18. The lowest BCUT2D eigenvalue weighted by Crippen LogP contribution is -2.32. The van der Waals surface area contributed by atoms with Crippen molar-refractivity contribution in [2.24, 2.45) is 5.92 Å². The smallest absolute Gasteiger partial charge is 0.0749 e. The van der Waals surface area contributed by atoms with Gasteiger partial charge in [0.1, 0.15) is 0 Å². The van der Waals surface area contributed by atoms with Crippen LogP contribution in [0.1, 0.15) is 31.4 Å². The van der Waals surface area contributed by atoms with Gasteiger partial charge in [-0.05, 0) is 36.9 Å². The molecule has 1 aliphatic rings. The van der Waals surface area contributed by atoms with Gasteiger partial charge in [-0.3, -0.25) is 4.98 Å². The Morgan fingerprint density at radius 1 is 1.25 bits per heavy atom. The molecule has 0 spiro atoms. The molecule has 0 radical (unpaired) electrons. The Morgan fingerprint density at radius 3 is 2.85 bits per heavy atom. The molecular weight excluding hydrogens is 248 g/mol. The summed E-state index contributed by atoms with van der Waals surface area (Å²) in [6, 6.07) is 11.0. The van der Waals surface area contributed by atoms with Crippen molar-refractivity contribution in [3.05, 3.63) is 42.1 Å². The van der Waals surface area contributed by atoms with Gasteiger partial charge in [0.15, 0.2) is 0 Å². The van der Waals surface area contributed by atoms with E-state index in [0.29, 0.717) is 12.0 Å². The van der Waals surface area contributed by atoms with Crippen LogP contribution in [0.3, 0.4) is 0 Å². The molecule has 1 aromatic carbocycles. The normalized spacial score (nSPS) is 18.2. The van der Waals surface area contributed by atoms with Crippen LogP contribution < -0.4 is 5.32 Å². The Kier molecular flexibility index (Phi) is 4.28. The quantitative estimate of drug-likeness (QED) is 0.925. The van der Waals surface area contributed by atoms with Gasteiger partial charge >= 0.3 is 0 Å². The predicted molar refractivity (Wildman–Crippen MR) is 81.7 cm³/mol. The van der Waals surface area contributed by atoms with E-state index in [-0.39, 0.29) is 0 Å². The van der Waals surface area contributed by atoms with Crippen molar-refractivity contribution in [1.29, 1.82) is 0 Å². The topological polar surface area (TPSA) is 34.2 Å². The van der Waals surface area contributed by atoms with Gasteiger partial charge in [0.2, 0.25) is 0 Å². The van der Waals surface area contributed by atoms with Crippen molar-refractivity contribution in [2.75, 3.05) is 19.8 Å². The van der Waals surface area contributed by atoms with Gasteiger partial charge in [0.25, 0.3) is 0 Å². The number of rotatable bonds is 4. The summed E-state index contributed by atoms with van der Waals surface area (Å²) in [6.45, 7) is 4.91. The molecule has 1 atom stereocenters. The number of benzene rings is 1. The molecule has 3 nitrogen and oxygen atoms in total. The van der Waals surface area contributed by atoms with Gasteiger partial charge in [-0.15, -0.1) is 0 Å². The van der Waals surface area contributed by atoms with Crippen molar-refractivity contribution in [3.63, 3.8) is 0 Å². The van der Waals surface area contributed by atoms with Crippen LogP contribution in [-0.2, 0) is 4.74 Å². The number of ether oxygens (including phenoxy) is 1. The van der Waals surface area contributed by atoms with E-state index >= 15 is 0 Å². The van der Waals surface area contributed by atoms with Crippen LogP contribution in [0.5, 0.6) is 0 Å². The predicted octanol–water partition coefficient (Wildman–Crippen LogP) is 3.31. The van der Waals surface area contributed by atoms with E-state index in [1.165, 1.54) is 10.9 Å². The Bertz CT molecular complexity index is 558. The Hall–Kier alpha value is -1.45. The molecule has 1 unspecified atom stereocenters. The molecular formula is C17H22N2O. The fraction of sp³-hybridized carbons (Fsp3) is 0.471. The van der Waals surface area contributed by atoms with E-state index in [1.54, 1.807) is 0 Å². The van der Waals surface area contributed by atoms with Gasteiger partial charge < -0.3 is 10.1 Å². The summed E-state index contributed by atoms with van der Waals surface area (Å²) in [5, 5.41) is 4.89. The minimum atomic E-state index is 0.377. The van der Waals surface area contributed by atoms with Crippen LogP contribution in [-0.4, -0.2) is 24.7 Å². The average molecular weight is 270 g/mol. The maximum atomic E-state index is 5.51. The van der Waals surface area contributed by atoms with Crippen LogP contribution in [0, 0.1) is 5.92 Å². The molecule has 0 aliphatic carbocycles. The van der Waals surface area contributed by atoms with Gasteiger partial charge in [-0.2, -0.15) is 0 Å². The number of hydrogen-bond donors (Lipinski definition) is 1. The molecule has 0 amide bonds. The van der Waals surface area contributed by atoms with E-state index in [9.17, 15) is 0 Å². The zero-order valence-corrected chi connectivity index (χ0v) is 12.0. The second-order valence-electron chi connectivity index (χ2n) is 5.41. The molecule has 3 heteroatoms. The van der Waals surface area contributed by atoms with Gasteiger partial charge in [-0.25, -0.2) is 0 Å². The molecule has 106 valence electrons. The maximum absolute atomic E-state index is 5.51. The lowest BCUT2D eigenvalue weighted by molar-refractivity contribution is 0.0540. The highest BCUT2D eigenvalue weighted by Gasteiger charge is 2.26. The minimum absolute atomic E-state index is 0.377. The third-order valence-electron chi connectivity index (χ3n) is 4.16. The average Bonchev–Trinajstić information content (AvgIpc) is 2.53. The minimum Gasteiger partial charge on any atom is -0.381 e. The summed E-state index contributed by atoms with van der Waals surface area (Å²) in [6.07, 6.45) is 4.14. The first-order chi connectivity index (χ1) is 9.90. The SMILES string of the molecule is CCNC(c1cccc2cccnc12)C1CCOCC1. The third-order valence-corrected chi connectivity index (χ3v) is 4.16. The van der Waals surface area contributed by atoms with Crippen molar-refractivity contribution in [3.8, 4) is 0 Å². The standard InChI is InChI=1S/C17H22N2O/c1-2-18-16(14-8-11-20-12-9-14)15-7-3-5-13-6-4-10-19-17(13)15/h3-7,10,14,16,18H,2,8-9,11-12H2,1H3. The number of hydrogen-bond acceptors (Lipinski definition) is 3. The number of aromatic nitrogens is 1. The summed E-state index contributed by atoms with van der Waals surface area (Å²) in [5.41, 5.74) is 2.46. The van der Waals surface area contributed by atoms with E-state index in [1.807, 2.05) is 12.3 Å². The molecule has 0 saturated carbocycles. The zero-order valence-electron chi connectivity index (χ0n) is 12.0. The number of pyridine rings is 1. The Balaban J connectivity index is 2.00. The molecule has 0 bridgehead atoms. The zero-order chi connectivity index (χ0) is 13.8. The highest BCUT2D eigenvalue weighted by molar-refractivity contribution is 5.82. The highest BCUT2D eigenvalue weighted by Crippen LogP contribution is 2.33. The Labute approximate surface area is 120 Å². The summed E-state index contributed by atoms with van der Waals surface area (Å²) in [5.74, 6) is 0.635. The first-order valence-corrected chi connectivity index (χ1v) is 7.55. The van der Waals surface area contributed by atoms with Crippen LogP contribution in [0.4, 0.5) is 0 Å². The van der Waals surface area contributed by atoms with Crippen molar-refractivity contribution in [1.82, 2.24) is 10.3 Å². The van der Waals surface area contributed by atoms with E-state index in [4.69, 9.17) is 4.74 Å². The van der Waals surface area contributed by atoms with E-state index in [2.05, 4.69) is 41.5 Å².